The third kappa shape index (κ3) is 2.02. The monoisotopic (exact) mass is 134 g/mol. The zero-order chi connectivity index (χ0) is 7.56. The predicted molar refractivity (Wildman–Crippen MR) is 41.8 cm³/mol. The van der Waals surface area contributed by atoms with Crippen LogP contribution in [-0.4, -0.2) is 5.78 Å². The summed E-state index contributed by atoms with van der Waals surface area (Å²) in [5.74, 6) is 0.167. The van der Waals surface area contributed by atoms with Gasteiger partial charge in [-0.05, 0) is 31.0 Å². The molecule has 2 aliphatic rings. The summed E-state index contributed by atoms with van der Waals surface area (Å²) in [7, 11) is 0. The number of carbonyl (C=O) groups excluding carboxylic acids is 1. The van der Waals surface area contributed by atoms with Crippen LogP contribution in [-0.2, 0) is 4.79 Å². The lowest BCUT2D eigenvalue weighted by molar-refractivity contribution is -0.114. The molecule has 0 spiro atoms. The van der Waals surface area contributed by atoms with E-state index < -0.39 is 0 Å². The Balaban J connectivity index is 0.000000112. The maximum Gasteiger partial charge on any atom is 0.126 e. The molecule has 1 heteroatoms. The molecule has 52 valence electrons. The van der Waals surface area contributed by atoms with Crippen molar-refractivity contribution in [2.45, 2.75) is 13.8 Å². The molecule has 0 aliphatic heterocycles. The molecule has 0 unspecified atom stereocenters. The molecule has 0 heterocycles. The van der Waals surface area contributed by atoms with Crippen molar-refractivity contribution in [1.82, 2.24) is 0 Å². The van der Waals surface area contributed by atoms with E-state index in [1.165, 1.54) is 25.0 Å². The molecule has 2 rings (SSSR count). The van der Waals surface area contributed by atoms with Crippen molar-refractivity contribution in [3.05, 3.63) is 24.3 Å². The average molecular weight is 134 g/mol. The molecule has 2 aliphatic carbocycles. The van der Waals surface area contributed by atoms with Crippen molar-refractivity contribution in [3.8, 4) is 11.1 Å². The molecule has 0 aromatic heterocycles. The van der Waals surface area contributed by atoms with Crippen molar-refractivity contribution in [2.75, 3.05) is 0 Å². The SMILES string of the molecule is CC(C)=O.c1cc2cc-2c1. The van der Waals surface area contributed by atoms with E-state index in [0.717, 1.165) is 0 Å². The Kier molecular flexibility index (Phi) is 1.86. The van der Waals surface area contributed by atoms with Gasteiger partial charge in [0.05, 0.1) is 0 Å². The fraction of sp³-hybridized carbons (Fsp3) is 0.222. The van der Waals surface area contributed by atoms with Crippen molar-refractivity contribution < 1.29 is 4.79 Å². The highest BCUT2D eigenvalue weighted by Gasteiger charge is 2.06. The van der Waals surface area contributed by atoms with Crippen molar-refractivity contribution >= 4 is 5.78 Å². The molecule has 0 saturated carbocycles. The van der Waals surface area contributed by atoms with Crippen LogP contribution in [0.5, 0.6) is 0 Å². The van der Waals surface area contributed by atoms with Crippen molar-refractivity contribution in [2.24, 2.45) is 0 Å². The summed E-state index contributed by atoms with van der Waals surface area (Å²) in [4.78, 5) is 9.44. The number of fused-ring (bicyclic) bond motifs is 1. The molecule has 0 bridgehead atoms. The van der Waals surface area contributed by atoms with Gasteiger partial charge in [-0.2, -0.15) is 0 Å². The minimum atomic E-state index is 0.167. The highest BCUT2D eigenvalue weighted by molar-refractivity contribution is 5.80. The Bertz CT molecular complexity index is 229. The molecule has 0 amide bonds. The van der Waals surface area contributed by atoms with Crippen LogP contribution < -0.4 is 0 Å². The second kappa shape index (κ2) is 2.65. The fourth-order valence-electron chi connectivity index (χ4n) is 0.676. The molecule has 0 aromatic rings. The van der Waals surface area contributed by atoms with Gasteiger partial charge in [0.1, 0.15) is 5.78 Å². The topological polar surface area (TPSA) is 17.1 Å². The Hall–Kier alpha value is -1.11. The lowest BCUT2D eigenvalue weighted by Gasteiger charge is -1.56. The molecular formula is C9H10O. The molecule has 0 N–H and O–H groups in total. The van der Waals surface area contributed by atoms with Gasteiger partial charge in [0.2, 0.25) is 0 Å². The molecular weight excluding hydrogens is 124 g/mol. The second-order valence-electron chi connectivity index (χ2n) is 2.49. The van der Waals surface area contributed by atoms with E-state index in [9.17, 15) is 4.79 Å². The Morgan fingerprint density at radius 1 is 1.20 bits per heavy atom. The van der Waals surface area contributed by atoms with E-state index in [-0.39, 0.29) is 5.78 Å². The van der Waals surface area contributed by atoms with Crippen LogP contribution in [0.4, 0.5) is 0 Å². The van der Waals surface area contributed by atoms with E-state index in [1.807, 2.05) is 0 Å². The second-order valence-corrected chi connectivity index (χ2v) is 2.49. The number of Topliss-reactive ketones (excluding diaryl/α,β-unsaturated/α-hetero) is 1. The maximum absolute atomic E-state index is 9.44. The van der Waals surface area contributed by atoms with Gasteiger partial charge in [0, 0.05) is 0 Å². The summed E-state index contributed by atoms with van der Waals surface area (Å²) in [6.07, 6.45) is 0. The quantitative estimate of drug-likeness (QED) is 0.540. The Morgan fingerprint density at radius 2 is 1.60 bits per heavy atom. The summed E-state index contributed by atoms with van der Waals surface area (Å²) in [6, 6.07) is 8.48. The summed E-state index contributed by atoms with van der Waals surface area (Å²) < 4.78 is 0. The summed E-state index contributed by atoms with van der Waals surface area (Å²) in [6.45, 7) is 3.06. The van der Waals surface area contributed by atoms with Gasteiger partial charge < -0.3 is 4.79 Å². The molecule has 0 radical (unpaired) electrons. The Labute approximate surface area is 60.7 Å². The Morgan fingerprint density at radius 3 is 1.70 bits per heavy atom. The summed E-state index contributed by atoms with van der Waals surface area (Å²) in [5.41, 5.74) is 2.85. The molecule has 0 fully saturated rings. The van der Waals surface area contributed by atoms with Crippen molar-refractivity contribution in [1.29, 1.82) is 0 Å². The lowest BCUT2D eigenvalue weighted by atomic mass is 10.6. The lowest BCUT2D eigenvalue weighted by Crippen LogP contribution is -1.69. The van der Waals surface area contributed by atoms with Gasteiger partial charge in [0.15, 0.2) is 0 Å². The molecule has 0 atom stereocenters. The third-order valence-electron chi connectivity index (χ3n) is 1.11. The molecule has 1 nitrogen and oxygen atoms in total. The van der Waals surface area contributed by atoms with Gasteiger partial charge in [-0.3, -0.25) is 0 Å². The third-order valence-corrected chi connectivity index (χ3v) is 1.11. The highest BCUT2D eigenvalue weighted by Crippen LogP contribution is 2.32. The largest absolute Gasteiger partial charge is 0.300 e. The predicted octanol–water partition coefficient (Wildman–Crippen LogP) is 2.26. The van der Waals surface area contributed by atoms with Crippen LogP contribution in [0.1, 0.15) is 13.8 Å². The van der Waals surface area contributed by atoms with E-state index in [2.05, 4.69) is 24.3 Å². The molecule has 0 saturated heterocycles. The summed E-state index contributed by atoms with van der Waals surface area (Å²) >= 11 is 0. The van der Waals surface area contributed by atoms with Crippen LogP contribution >= 0.6 is 0 Å². The number of ketones is 1. The minimum absolute atomic E-state index is 0.167. The first-order chi connectivity index (χ1) is 4.70. The number of hydrogen-bond acceptors (Lipinski definition) is 1. The van der Waals surface area contributed by atoms with Crippen LogP contribution in [0, 0.1) is 0 Å². The fourth-order valence-corrected chi connectivity index (χ4v) is 0.676. The zero-order valence-corrected chi connectivity index (χ0v) is 6.22. The van der Waals surface area contributed by atoms with Gasteiger partial charge in [-0.25, -0.2) is 0 Å². The van der Waals surface area contributed by atoms with Crippen molar-refractivity contribution in [3.63, 3.8) is 0 Å². The standard InChI is InChI=1S/C6H4.C3H6O/c1-2-5-4-6(5)3-1;1-3(2)4/h1-4H;1-2H3. The first-order valence-electron chi connectivity index (χ1n) is 3.28. The van der Waals surface area contributed by atoms with E-state index in [4.69, 9.17) is 0 Å². The number of carbonyl (C=O) groups is 1. The average Bonchev–Trinajstić information content (AvgIpc) is 2.40. The molecule has 0 aromatic carbocycles. The maximum atomic E-state index is 9.44. The first-order valence-corrected chi connectivity index (χ1v) is 3.28. The summed E-state index contributed by atoms with van der Waals surface area (Å²) in [5, 5.41) is 0. The smallest absolute Gasteiger partial charge is 0.126 e. The number of benzene rings is 1. The van der Waals surface area contributed by atoms with Gasteiger partial charge in [0.25, 0.3) is 0 Å². The number of hydrogen-bond donors (Lipinski definition) is 0. The van der Waals surface area contributed by atoms with Crippen LogP contribution in [0.2, 0.25) is 0 Å². The van der Waals surface area contributed by atoms with Gasteiger partial charge in [-0.1, -0.05) is 18.2 Å². The van der Waals surface area contributed by atoms with E-state index in [0.29, 0.717) is 0 Å². The van der Waals surface area contributed by atoms with Gasteiger partial charge >= 0.3 is 0 Å². The normalized spacial score (nSPS) is 9.40. The zero-order valence-electron chi connectivity index (χ0n) is 6.22. The first kappa shape index (κ1) is 7.00. The minimum Gasteiger partial charge on any atom is -0.300 e. The highest BCUT2D eigenvalue weighted by atomic mass is 16.1. The van der Waals surface area contributed by atoms with Crippen LogP contribution in [0.25, 0.3) is 11.1 Å². The number of rotatable bonds is 0. The van der Waals surface area contributed by atoms with E-state index in [1.54, 1.807) is 0 Å². The van der Waals surface area contributed by atoms with E-state index >= 15 is 0 Å². The van der Waals surface area contributed by atoms with Gasteiger partial charge in [-0.15, -0.1) is 0 Å². The van der Waals surface area contributed by atoms with Crippen LogP contribution in [0.3, 0.4) is 0 Å². The van der Waals surface area contributed by atoms with Crippen LogP contribution in [0.15, 0.2) is 24.3 Å². The molecule has 10 heavy (non-hydrogen) atoms.